The van der Waals surface area contributed by atoms with Crippen LogP contribution in [0.5, 0.6) is 5.75 Å². The predicted octanol–water partition coefficient (Wildman–Crippen LogP) is 2.89. The van der Waals surface area contributed by atoms with Crippen molar-refractivity contribution in [2.45, 2.75) is 50.5 Å². The highest BCUT2D eigenvalue weighted by molar-refractivity contribution is 5.87. The zero-order valence-corrected chi connectivity index (χ0v) is 13.0. The maximum Gasteiger partial charge on any atom is 0.329 e. The van der Waals surface area contributed by atoms with Crippen molar-refractivity contribution in [3.63, 3.8) is 0 Å². The fourth-order valence-corrected chi connectivity index (χ4v) is 2.86. The highest BCUT2D eigenvalue weighted by Crippen LogP contribution is 2.28. The lowest BCUT2D eigenvalue weighted by molar-refractivity contribution is -0.149. The summed E-state index contributed by atoms with van der Waals surface area (Å²) in [7, 11) is 0. The zero-order valence-electron chi connectivity index (χ0n) is 13.0. The molecule has 6 heteroatoms. The van der Waals surface area contributed by atoms with Crippen molar-refractivity contribution in [1.29, 1.82) is 0 Å². The Balaban J connectivity index is 1.75. The molecule has 0 heterocycles. The molecule has 1 aliphatic carbocycles. The van der Waals surface area contributed by atoms with Crippen LogP contribution in [0.3, 0.4) is 0 Å². The van der Waals surface area contributed by atoms with Gasteiger partial charge in [-0.15, -0.1) is 0 Å². The van der Waals surface area contributed by atoms with Crippen molar-refractivity contribution in [1.82, 2.24) is 5.32 Å². The second-order valence-corrected chi connectivity index (χ2v) is 5.91. The second kappa shape index (κ2) is 7.94. The lowest BCUT2D eigenvalue weighted by Crippen LogP contribution is -2.55. The SMILES string of the molecule is O=C(CCCOc1cccc(F)c1)NC1(C(=O)O)CCCCC1. The number of aliphatic carboxylic acids is 1. The average Bonchev–Trinajstić information content (AvgIpc) is 2.52. The van der Waals surface area contributed by atoms with Crippen molar-refractivity contribution in [2.24, 2.45) is 0 Å². The van der Waals surface area contributed by atoms with Gasteiger partial charge in [-0.2, -0.15) is 0 Å². The van der Waals surface area contributed by atoms with Crippen LogP contribution in [0.4, 0.5) is 4.39 Å². The Hall–Kier alpha value is -2.11. The van der Waals surface area contributed by atoms with Crippen LogP contribution in [0, 0.1) is 5.82 Å². The Bertz CT molecular complexity index is 555. The van der Waals surface area contributed by atoms with Gasteiger partial charge in [0.25, 0.3) is 0 Å². The first-order valence-electron chi connectivity index (χ1n) is 7.95. The fraction of sp³-hybridized carbons (Fsp3) is 0.529. The van der Waals surface area contributed by atoms with Gasteiger partial charge < -0.3 is 15.2 Å². The molecule has 2 rings (SSSR count). The van der Waals surface area contributed by atoms with E-state index in [0.717, 1.165) is 19.3 Å². The standard InChI is InChI=1S/C17H22FNO4/c18-13-6-4-7-14(12-13)23-11-5-8-15(20)19-17(16(21)22)9-2-1-3-10-17/h4,6-7,12H,1-3,5,8-11H2,(H,19,20)(H,21,22). The Labute approximate surface area is 134 Å². The van der Waals surface area contributed by atoms with E-state index in [9.17, 15) is 19.1 Å². The summed E-state index contributed by atoms with van der Waals surface area (Å²) in [6.07, 6.45) is 4.22. The van der Waals surface area contributed by atoms with Gasteiger partial charge >= 0.3 is 5.97 Å². The van der Waals surface area contributed by atoms with Gasteiger partial charge in [-0.05, 0) is 31.4 Å². The molecule has 0 saturated heterocycles. The summed E-state index contributed by atoms with van der Waals surface area (Å²) in [5.41, 5.74) is -1.11. The van der Waals surface area contributed by atoms with E-state index in [1.165, 1.54) is 12.1 Å². The van der Waals surface area contributed by atoms with Gasteiger partial charge in [-0.25, -0.2) is 9.18 Å². The molecule has 0 unspecified atom stereocenters. The van der Waals surface area contributed by atoms with Crippen LogP contribution in [-0.2, 0) is 9.59 Å². The van der Waals surface area contributed by atoms with Crippen molar-refractivity contribution in [3.8, 4) is 5.75 Å². The summed E-state index contributed by atoms with van der Waals surface area (Å²) in [5, 5.41) is 12.1. The monoisotopic (exact) mass is 323 g/mol. The minimum atomic E-state index is -1.11. The van der Waals surface area contributed by atoms with E-state index in [0.29, 0.717) is 25.0 Å². The summed E-state index contributed by atoms with van der Waals surface area (Å²) >= 11 is 0. The highest BCUT2D eigenvalue weighted by Gasteiger charge is 2.40. The number of carbonyl (C=O) groups is 2. The van der Waals surface area contributed by atoms with Crippen LogP contribution in [-0.4, -0.2) is 29.1 Å². The molecule has 5 nitrogen and oxygen atoms in total. The minimum absolute atomic E-state index is 0.185. The Morgan fingerprint density at radius 1 is 1.26 bits per heavy atom. The van der Waals surface area contributed by atoms with Gasteiger partial charge in [-0.1, -0.05) is 25.3 Å². The van der Waals surface area contributed by atoms with Crippen molar-refractivity contribution in [3.05, 3.63) is 30.1 Å². The van der Waals surface area contributed by atoms with Crippen LogP contribution in [0.25, 0.3) is 0 Å². The Morgan fingerprint density at radius 3 is 2.65 bits per heavy atom. The number of halogens is 1. The van der Waals surface area contributed by atoms with Gasteiger partial charge in [0.15, 0.2) is 0 Å². The molecule has 1 fully saturated rings. The molecule has 0 spiro atoms. The lowest BCUT2D eigenvalue weighted by atomic mass is 9.81. The number of carboxylic acid groups (broad SMARTS) is 1. The van der Waals surface area contributed by atoms with E-state index in [2.05, 4.69) is 5.32 Å². The number of carboxylic acids is 1. The number of amides is 1. The fourth-order valence-electron chi connectivity index (χ4n) is 2.86. The Morgan fingerprint density at radius 2 is 2.00 bits per heavy atom. The molecule has 0 bridgehead atoms. The van der Waals surface area contributed by atoms with Gasteiger partial charge in [0.1, 0.15) is 17.1 Å². The molecule has 0 aliphatic heterocycles. The maximum absolute atomic E-state index is 13.0. The van der Waals surface area contributed by atoms with E-state index in [1.807, 2.05) is 0 Å². The predicted molar refractivity (Wildman–Crippen MR) is 82.7 cm³/mol. The number of hydrogen-bond donors (Lipinski definition) is 2. The molecule has 1 aromatic rings. The molecule has 1 aliphatic rings. The second-order valence-electron chi connectivity index (χ2n) is 5.91. The van der Waals surface area contributed by atoms with E-state index in [1.54, 1.807) is 12.1 Å². The van der Waals surface area contributed by atoms with Gasteiger partial charge in [0.2, 0.25) is 5.91 Å². The smallest absolute Gasteiger partial charge is 0.329 e. The molecular weight excluding hydrogens is 301 g/mol. The van der Waals surface area contributed by atoms with Crippen LogP contribution in [0.1, 0.15) is 44.9 Å². The first kappa shape index (κ1) is 17.2. The van der Waals surface area contributed by atoms with Crippen LogP contribution in [0.15, 0.2) is 24.3 Å². The minimum Gasteiger partial charge on any atom is -0.493 e. The molecule has 1 saturated carbocycles. The molecule has 0 aromatic heterocycles. The molecule has 2 N–H and O–H groups in total. The van der Waals surface area contributed by atoms with Gasteiger partial charge in [0.05, 0.1) is 6.61 Å². The molecule has 23 heavy (non-hydrogen) atoms. The molecule has 126 valence electrons. The quantitative estimate of drug-likeness (QED) is 0.757. The largest absolute Gasteiger partial charge is 0.493 e. The third kappa shape index (κ3) is 4.94. The molecule has 1 amide bonds. The summed E-state index contributed by atoms with van der Waals surface area (Å²) < 4.78 is 18.3. The van der Waals surface area contributed by atoms with Crippen molar-refractivity contribution in [2.75, 3.05) is 6.61 Å². The van der Waals surface area contributed by atoms with E-state index in [-0.39, 0.29) is 24.8 Å². The first-order chi connectivity index (χ1) is 11.0. The van der Waals surface area contributed by atoms with Gasteiger partial charge in [0, 0.05) is 12.5 Å². The number of hydrogen-bond acceptors (Lipinski definition) is 3. The van der Waals surface area contributed by atoms with Crippen molar-refractivity contribution >= 4 is 11.9 Å². The zero-order chi connectivity index (χ0) is 16.7. The highest BCUT2D eigenvalue weighted by atomic mass is 19.1. The summed E-state index contributed by atoms with van der Waals surface area (Å²) in [5.74, 6) is -1.20. The number of carbonyl (C=O) groups excluding carboxylic acids is 1. The van der Waals surface area contributed by atoms with Crippen LogP contribution in [0.2, 0.25) is 0 Å². The Kier molecular flexibility index (Phi) is 5.96. The first-order valence-corrected chi connectivity index (χ1v) is 7.95. The molecule has 0 atom stereocenters. The molecule has 0 radical (unpaired) electrons. The lowest BCUT2D eigenvalue weighted by Gasteiger charge is -2.34. The van der Waals surface area contributed by atoms with E-state index in [4.69, 9.17) is 4.74 Å². The topological polar surface area (TPSA) is 75.6 Å². The molecule has 1 aromatic carbocycles. The van der Waals surface area contributed by atoms with Crippen LogP contribution >= 0.6 is 0 Å². The summed E-state index contributed by atoms with van der Waals surface area (Å²) in [6, 6.07) is 5.80. The van der Waals surface area contributed by atoms with Crippen LogP contribution < -0.4 is 10.1 Å². The third-order valence-corrected chi connectivity index (χ3v) is 4.11. The number of ether oxygens (including phenoxy) is 1. The summed E-state index contributed by atoms with van der Waals surface area (Å²) in [4.78, 5) is 23.5. The number of rotatable bonds is 7. The summed E-state index contributed by atoms with van der Waals surface area (Å²) in [6.45, 7) is 0.275. The molecular formula is C17H22FNO4. The number of benzene rings is 1. The van der Waals surface area contributed by atoms with E-state index >= 15 is 0 Å². The third-order valence-electron chi connectivity index (χ3n) is 4.11. The van der Waals surface area contributed by atoms with E-state index < -0.39 is 11.5 Å². The normalized spacial score (nSPS) is 16.6. The number of nitrogens with one attached hydrogen (secondary N) is 1. The average molecular weight is 323 g/mol. The van der Waals surface area contributed by atoms with Crippen molar-refractivity contribution < 1.29 is 23.8 Å². The maximum atomic E-state index is 13.0. The van der Waals surface area contributed by atoms with Gasteiger partial charge in [-0.3, -0.25) is 4.79 Å².